The second kappa shape index (κ2) is 8.09. The number of carbonyl (C=O) groups excluding carboxylic acids is 2. The summed E-state index contributed by atoms with van der Waals surface area (Å²) in [5.41, 5.74) is -1.41. The lowest BCUT2D eigenvalue weighted by atomic mass is 9.70. The van der Waals surface area contributed by atoms with Crippen LogP contribution >= 0.6 is 0 Å². The highest BCUT2D eigenvalue weighted by Crippen LogP contribution is 2.68. The lowest BCUT2D eigenvalue weighted by molar-refractivity contribution is -0.137. The van der Waals surface area contributed by atoms with Gasteiger partial charge in [-0.2, -0.15) is 13.2 Å². The van der Waals surface area contributed by atoms with Gasteiger partial charge in [-0.1, -0.05) is 26.8 Å². The first-order valence-electron chi connectivity index (χ1n) is 10.4. The molecule has 0 saturated heterocycles. The third-order valence-corrected chi connectivity index (χ3v) is 7.66. The summed E-state index contributed by atoms with van der Waals surface area (Å²) in [6, 6.07) is 2.79. The molecule has 0 spiro atoms. The number of aliphatic hydroxyl groups is 2. The molecule has 0 heterocycles. The molecule has 2 fully saturated rings. The first-order valence-corrected chi connectivity index (χ1v) is 10.4. The van der Waals surface area contributed by atoms with Crippen molar-refractivity contribution in [3.8, 4) is 0 Å². The molecule has 5 atom stereocenters. The molecule has 9 heteroatoms. The predicted octanol–water partition coefficient (Wildman–Crippen LogP) is 2.94. The standard InChI is InChI=1S/C22H29F3N2O4/c1-20(2)15-7-8-21(20,3)18(30)14(15)10-17(29)27-16(11-28)19(31)26-13-6-4-5-12(9-13)22(23,24)25/h4-6,9,14-16,18,28,30H,7-8,10-11H2,1-3H3,(H,26,31)(H,27,29). The third kappa shape index (κ3) is 4.17. The molecular formula is C22H29F3N2O4. The molecule has 2 amide bonds. The van der Waals surface area contributed by atoms with Crippen LogP contribution in [0, 0.1) is 22.7 Å². The molecular weight excluding hydrogens is 413 g/mol. The number of amides is 2. The second-order valence-electron chi connectivity index (χ2n) is 9.47. The third-order valence-electron chi connectivity index (χ3n) is 7.66. The second-order valence-corrected chi connectivity index (χ2v) is 9.47. The molecule has 31 heavy (non-hydrogen) atoms. The van der Waals surface area contributed by atoms with E-state index in [4.69, 9.17) is 0 Å². The maximum absolute atomic E-state index is 12.8. The SMILES string of the molecule is CC1(C)C2CCC1(C)C(O)C2CC(=O)NC(CO)C(=O)Nc1cccc(C(F)(F)F)c1. The number of hydrogen-bond acceptors (Lipinski definition) is 4. The Kier molecular flexibility index (Phi) is 6.14. The molecule has 2 aliphatic carbocycles. The molecule has 0 aromatic heterocycles. The lowest BCUT2D eigenvalue weighted by Crippen LogP contribution is -2.47. The Hall–Kier alpha value is -2.13. The molecule has 1 aromatic carbocycles. The van der Waals surface area contributed by atoms with Crippen LogP contribution in [-0.2, 0) is 15.8 Å². The Morgan fingerprint density at radius 1 is 1.26 bits per heavy atom. The zero-order chi connectivity index (χ0) is 23.2. The topological polar surface area (TPSA) is 98.7 Å². The van der Waals surface area contributed by atoms with Crippen molar-refractivity contribution < 1.29 is 33.0 Å². The van der Waals surface area contributed by atoms with Crippen molar-refractivity contribution in [2.24, 2.45) is 22.7 Å². The number of rotatable bonds is 6. The molecule has 2 bridgehead atoms. The average molecular weight is 442 g/mol. The minimum atomic E-state index is -4.56. The number of anilines is 1. The van der Waals surface area contributed by atoms with E-state index < -0.39 is 42.3 Å². The average Bonchev–Trinajstić information content (AvgIpc) is 2.99. The van der Waals surface area contributed by atoms with Gasteiger partial charge in [0.15, 0.2) is 0 Å². The molecule has 3 rings (SSSR count). The smallest absolute Gasteiger partial charge is 0.394 e. The highest BCUT2D eigenvalue weighted by molar-refractivity contribution is 5.97. The largest absolute Gasteiger partial charge is 0.416 e. The van der Waals surface area contributed by atoms with E-state index in [2.05, 4.69) is 24.5 Å². The van der Waals surface area contributed by atoms with Crippen LogP contribution in [0.1, 0.15) is 45.6 Å². The Morgan fingerprint density at radius 2 is 1.94 bits per heavy atom. The summed E-state index contributed by atoms with van der Waals surface area (Å²) in [5, 5.41) is 25.1. The van der Waals surface area contributed by atoms with E-state index in [1.165, 1.54) is 6.07 Å². The van der Waals surface area contributed by atoms with Gasteiger partial charge < -0.3 is 20.8 Å². The number of fused-ring (bicyclic) bond motifs is 2. The normalized spacial score (nSPS) is 30.1. The molecule has 5 unspecified atom stereocenters. The van der Waals surface area contributed by atoms with Gasteiger partial charge in [-0.15, -0.1) is 0 Å². The zero-order valence-electron chi connectivity index (χ0n) is 17.8. The van der Waals surface area contributed by atoms with Gasteiger partial charge in [0.1, 0.15) is 6.04 Å². The first-order chi connectivity index (χ1) is 14.3. The summed E-state index contributed by atoms with van der Waals surface area (Å²) < 4.78 is 38.5. The van der Waals surface area contributed by atoms with Gasteiger partial charge in [0, 0.05) is 12.1 Å². The monoisotopic (exact) mass is 442 g/mol. The highest BCUT2D eigenvalue weighted by Gasteiger charge is 2.65. The van der Waals surface area contributed by atoms with Crippen LogP contribution in [0.15, 0.2) is 24.3 Å². The number of alkyl halides is 3. The summed E-state index contributed by atoms with van der Waals surface area (Å²) >= 11 is 0. The van der Waals surface area contributed by atoms with Gasteiger partial charge >= 0.3 is 6.18 Å². The zero-order valence-corrected chi connectivity index (χ0v) is 17.8. The fraction of sp³-hybridized carbons (Fsp3) is 0.636. The number of benzene rings is 1. The molecule has 6 nitrogen and oxygen atoms in total. The summed E-state index contributed by atoms with van der Waals surface area (Å²) in [7, 11) is 0. The number of hydrogen-bond donors (Lipinski definition) is 4. The molecule has 4 N–H and O–H groups in total. The molecule has 2 aliphatic rings. The van der Waals surface area contributed by atoms with Crippen LogP contribution in [0.25, 0.3) is 0 Å². The van der Waals surface area contributed by atoms with Gasteiger partial charge in [0.25, 0.3) is 0 Å². The number of carbonyl (C=O) groups is 2. The van der Waals surface area contributed by atoms with Gasteiger partial charge in [-0.05, 0) is 53.7 Å². The fourth-order valence-corrected chi connectivity index (χ4v) is 5.45. The Bertz CT molecular complexity index is 857. The summed E-state index contributed by atoms with van der Waals surface area (Å²) in [6.07, 6.45) is -3.38. The van der Waals surface area contributed by atoms with Crippen molar-refractivity contribution in [3.63, 3.8) is 0 Å². The lowest BCUT2D eigenvalue weighted by Gasteiger charge is -2.37. The van der Waals surface area contributed by atoms with Crippen LogP contribution in [0.3, 0.4) is 0 Å². The number of aliphatic hydroxyl groups excluding tert-OH is 2. The van der Waals surface area contributed by atoms with Gasteiger partial charge in [0.2, 0.25) is 11.8 Å². The molecule has 0 aliphatic heterocycles. The van der Waals surface area contributed by atoms with Crippen molar-refractivity contribution >= 4 is 17.5 Å². The van der Waals surface area contributed by atoms with Crippen molar-refractivity contribution in [2.75, 3.05) is 11.9 Å². The van der Waals surface area contributed by atoms with Crippen molar-refractivity contribution in [2.45, 2.75) is 58.4 Å². The van der Waals surface area contributed by atoms with E-state index >= 15 is 0 Å². The Morgan fingerprint density at radius 3 is 2.48 bits per heavy atom. The fourth-order valence-electron chi connectivity index (χ4n) is 5.45. The highest BCUT2D eigenvalue weighted by atomic mass is 19.4. The van der Waals surface area contributed by atoms with Crippen molar-refractivity contribution in [3.05, 3.63) is 29.8 Å². The van der Waals surface area contributed by atoms with E-state index in [1.54, 1.807) is 0 Å². The number of halogens is 3. The maximum Gasteiger partial charge on any atom is 0.416 e. The van der Waals surface area contributed by atoms with E-state index in [-0.39, 0.29) is 34.8 Å². The van der Waals surface area contributed by atoms with Crippen LogP contribution in [0.2, 0.25) is 0 Å². The van der Waals surface area contributed by atoms with Crippen LogP contribution in [0.4, 0.5) is 18.9 Å². The van der Waals surface area contributed by atoms with Gasteiger partial charge in [-0.3, -0.25) is 9.59 Å². The molecule has 0 radical (unpaired) electrons. The maximum atomic E-state index is 12.8. The van der Waals surface area contributed by atoms with E-state index in [1.807, 2.05) is 6.92 Å². The molecule has 2 saturated carbocycles. The number of nitrogens with one attached hydrogen (secondary N) is 2. The van der Waals surface area contributed by atoms with Gasteiger partial charge in [-0.25, -0.2) is 0 Å². The van der Waals surface area contributed by atoms with Crippen LogP contribution in [-0.4, -0.2) is 40.8 Å². The van der Waals surface area contributed by atoms with E-state index in [9.17, 15) is 33.0 Å². The quantitative estimate of drug-likeness (QED) is 0.545. The summed E-state index contributed by atoms with van der Waals surface area (Å²) in [5.74, 6) is -1.39. The van der Waals surface area contributed by atoms with Crippen LogP contribution < -0.4 is 10.6 Å². The predicted molar refractivity (Wildman–Crippen MR) is 108 cm³/mol. The summed E-state index contributed by atoms with van der Waals surface area (Å²) in [4.78, 5) is 25.0. The van der Waals surface area contributed by atoms with Crippen molar-refractivity contribution in [1.29, 1.82) is 0 Å². The van der Waals surface area contributed by atoms with Crippen molar-refractivity contribution in [1.82, 2.24) is 5.32 Å². The van der Waals surface area contributed by atoms with Gasteiger partial charge in [0.05, 0.1) is 18.3 Å². The Labute approximate surface area is 179 Å². The molecule has 1 aromatic rings. The Balaban J connectivity index is 1.62. The first kappa shape index (κ1) is 23.5. The van der Waals surface area contributed by atoms with E-state index in [0.29, 0.717) is 0 Å². The van der Waals surface area contributed by atoms with Crippen LogP contribution in [0.5, 0.6) is 0 Å². The molecule has 172 valence electrons. The summed E-state index contributed by atoms with van der Waals surface area (Å²) in [6.45, 7) is 5.53. The minimum absolute atomic E-state index is 0.0121. The van der Waals surface area contributed by atoms with E-state index in [0.717, 1.165) is 31.0 Å². The minimum Gasteiger partial charge on any atom is -0.394 e.